The van der Waals surface area contributed by atoms with Crippen LogP contribution in [0.3, 0.4) is 0 Å². The van der Waals surface area contributed by atoms with Gasteiger partial charge in [-0.1, -0.05) is 23.8 Å². The Balaban J connectivity index is 1.81. The Morgan fingerprint density at radius 3 is 2.75 bits per heavy atom. The van der Waals surface area contributed by atoms with Gasteiger partial charge in [-0.15, -0.1) is 0 Å². The number of hydrogen-bond acceptors (Lipinski definition) is 1. The highest BCUT2D eigenvalue weighted by Crippen LogP contribution is 2.38. The van der Waals surface area contributed by atoms with E-state index in [-0.39, 0.29) is 5.60 Å². The number of fused-ring (bicyclic) bond motifs is 1. The number of aromatic nitrogens is 1. The molecule has 0 spiro atoms. The van der Waals surface area contributed by atoms with E-state index < -0.39 is 0 Å². The number of nitrogens with one attached hydrogen (secondary N) is 1. The Labute approximate surface area is 120 Å². The Bertz CT molecular complexity index is 659. The van der Waals surface area contributed by atoms with E-state index in [1.54, 1.807) is 0 Å². The number of rotatable bonds is 4. The lowest BCUT2D eigenvalue weighted by Gasteiger charge is -2.01. The summed E-state index contributed by atoms with van der Waals surface area (Å²) in [4.78, 5) is 3.40. The largest absolute Gasteiger partial charge is 0.366 e. The van der Waals surface area contributed by atoms with Crippen LogP contribution >= 0.6 is 0 Å². The maximum atomic E-state index is 5.69. The van der Waals surface area contributed by atoms with Crippen molar-refractivity contribution in [3.63, 3.8) is 0 Å². The summed E-state index contributed by atoms with van der Waals surface area (Å²) >= 11 is 0. The smallest absolute Gasteiger partial charge is 0.0908 e. The molecule has 0 saturated carbocycles. The van der Waals surface area contributed by atoms with Crippen molar-refractivity contribution in [1.29, 1.82) is 0 Å². The quantitative estimate of drug-likeness (QED) is 0.647. The fourth-order valence-electron chi connectivity index (χ4n) is 2.67. The zero-order chi connectivity index (χ0) is 14.3. The molecule has 2 aromatic rings. The predicted octanol–water partition coefficient (Wildman–Crippen LogP) is 4.40. The number of benzene rings is 1. The molecule has 3 rings (SSSR count). The van der Waals surface area contributed by atoms with Crippen molar-refractivity contribution in [2.75, 3.05) is 0 Å². The second-order valence-corrected chi connectivity index (χ2v) is 6.59. The van der Waals surface area contributed by atoms with Crippen LogP contribution < -0.4 is 0 Å². The average Bonchev–Trinajstić information content (AvgIpc) is 2.81. The standard InChI is InChI=1S/C18H23NO/c1-12(2)5-6-13-7-8-15-14(11-19-16(15)9-13)10-17-18(3,4)20-17/h5,7-9,11,17,19H,6,10H2,1-4H3. The monoisotopic (exact) mass is 269 g/mol. The zero-order valence-corrected chi connectivity index (χ0v) is 12.8. The summed E-state index contributed by atoms with van der Waals surface area (Å²) in [5.41, 5.74) is 5.38. The summed E-state index contributed by atoms with van der Waals surface area (Å²) in [6.07, 6.45) is 6.77. The first-order chi connectivity index (χ1) is 9.45. The van der Waals surface area contributed by atoms with Crippen molar-refractivity contribution in [3.8, 4) is 0 Å². The number of H-pyrrole nitrogens is 1. The molecule has 1 saturated heterocycles. The average molecular weight is 269 g/mol. The van der Waals surface area contributed by atoms with Crippen molar-refractivity contribution in [2.45, 2.75) is 52.2 Å². The molecule has 20 heavy (non-hydrogen) atoms. The molecule has 2 heterocycles. The van der Waals surface area contributed by atoms with Gasteiger partial charge in [0.05, 0.1) is 11.7 Å². The van der Waals surface area contributed by atoms with Crippen LogP contribution in [-0.2, 0) is 17.6 Å². The van der Waals surface area contributed by atoms with Crippen LogP contribution in [0.5, 0.6) is 0 Å². The van der Waals surface area contributed by atoms with E-state index >= 15 is 0 Å². The van der Waals surface area contributed by atoms with Gasteiger partial charge in [0, 0.05) is 23.5 Å². The molecule has 1 aromatic carbocycles. The molecular weight excluding hydrogens is 246 g/mol. The fraction of sp³-hybridized carbons (Fsp3) is 0.444. The van der Waals surface area contributed by atoms with Crippen LogP contribution in [0.1, 0.15) is 38.8 Å². The topological polar surface area (TPSA) is 28.3 Å². The van der Waals surface area contributed by atoms with Gasteiger partial charge >= 0.3 is 0 Å². The van der Waals surface area contributed by atoms with Crippen molar-refractivity contribution in [1.82, 2.24) is 4.98 Å². The highest BCUT2D eigenvalue weighted by molar-refractivity contribution is 5.84. The molecule has 1 aliphatic heterocycles. The summed E-state index contributed by atoms with van der Waals surface area (Å²) in [6, 6.07) is 6.74. The molecule has 0 bridgehead atoms. The first-order valence-electron chi connectivity index (χ1n) is 7.36. The second kappa shape index (κ2) is 4.78. The Morgan fingerprint density at radius 2 is 2.10 bits per heavy atom. The molecule has 0 amide bonds. The molecule has 1 aliphatic rings. The molecular formula is C18H23NO. The minimum Gasteiger partial charge on any atom is -0.366 e. The molecule has 1 fully saturated rings. The maximum Gasteiger partial charge on any atom is 0.0908 e. The van der Waals surface area contributed by atoms with Crippen LogP contribution in [0.2, 0.25) is 0 Å². The molecule has 2 nitrogen and oxygen atoms in total. The summed E-state index contributed by atoms with van der Waals surface area (Å²) in [5, 5.41) is 1.33. The molecule has 106 valence electrons. The summed E-state index contributed by atoms with van der Waals surface area (Å²) in [7, 11) is 0. The highest BCUT2D eigenvalue weighted by Gasteiger charge is 2.47. The highest BCUT2D eigenvalue weighted by atomic mass is 16.6. The number of ether oxygens (including phenoxy) is 1. The lowest BCUT2D eigenvalue weighted by atomic mass is 10.0. The minimum atomic E-state index is 0.0625. The van der Waals surface area contributed by atoms with Crippen LogP contribution in [0.25, 0.3) is 10.9 Å². The lowest BCUT2D eigenvalue weighted by Crippen LogP contribution is -2.05. The molecule has 1 aromatic heterocycles. The van der Waals surface area contributed by atoms with Crippen LogP contribution in [0, 0.1) is 0 Å². The van der Waals surface area contributed by atoms with Gasteiger partial charge < -0.3 is 9.72 Å². The molecule has 1 N–H and O–H groups in total. The van der Waals surface area contributed by atoms with Crippen LogP contribution in [0.15, 0.2) is 36.0 Å². The first-order valence-corrected chi connectivity index (χ1v) is 7.36. The van der Waals surface area contributed by atoms with E-state index in [2.05, 4.69) is 63.2 Å². The molecule has 2 heteroatoms. The van der Waals surface area contributed by atoms with Gasteiger partial charge in [-0.25, -0.2) is 0 Å². The van der Waals surface area contributed by atoms with Crippen molar-refractivity contribution >= 4 is 10.9 Å². The van der Waals surface area contributed by atoms with Crippen LogP contribution in [0.4, 0.5) is 0 Å². The minimum absolute atomic E-state index is 0.0625. The SMILES string of the molecule is CC(C)=CCc1ccc2c(CC3OC3(C)C)c[nH]c2c1. The van der Waals surface area contributed by atoms with Gasteiger partial charge in [0.25, 0.3) is 0 Å². The third kappa shape index (κ3) is 2.66. The zero-order valence-electron chi connectivity index (χ0n) is 12.8. The van der Waals surface area contributed by atoms with Gasteiger partial charge in [0.15, 0.2) is 0 Å². The van der Waals surface area contributed by atoms with Crippen molar-refractivity contribution in [3.05, 3.63) is 47.2 Å². The fourth-order valence-corrected chi connectivity index (χ4v) is 2.67. The third-order valence-corrected chi connectivity index (χ3v) is 4.15. The van der Waals surface area contributed by atoms with Gasteiger partial charge in [-0.3, -0.25) is 0 Å². The van der Waals surface area contributed by atoms with E-state index in [0.717, 1.165) is 12.8 Å². The van der Waals surface area contributed by atoms with E-state index in [4.69, 9.17) is 4.74 Å². The van der Waals surface area contributed by atoms with Crippen molar-refractivity contribution in [2.24, 2.45) is 0 Å². The van der Waals surface area contributed by atoms with E-state index in [0.29, 0.717) is 6.10 Å². The summed E-state index contributed by atoms with van der Waals surface area (Å²) in [6.45, 7) is 8.60. The number of epoxide rings is 1. The lowest BCUT2D eigenvalue weighted by molar-refractivity contribution is 0.323. The summed E-state index contributed by atoms with van der Waals surface area (Å²) < 4.78 is 5.69. The van der Waals surface area contributed by atoms with Crippen LogP contribution in [-0.4, -0.2) is 16.7 Å². The molecule has 0 radical (unpaired) electrons. The first kappa shape index (κ1) is 13.4. The van der Waals surface area contributed by atoms with E-state index in [1.165, 1.54) is 27.6 Å². The van der Waals surface area contributed by atoms with Crippen molar-refractivity contribution < 1.29 is 4.74 Å². The van der Waals surface area contributed by atoms with Gasteiger partial charge in [0.2, 0.25) is 0 Å². The molecule has 1 atom stereocenters. The predicted molar refractivity (Wildman–Crippen MR) is 84.1 cm³/mol. The van der Waals surface area contributed by atoms with Gasteiger partial charge in [-0.2, -0.15) is 0 Å². The molecule has 0 aliphatic carbocycles. The summed E-state index contributed by atoms with van der Waals surface area (Å²) in [5.74, 6) is 0. The normalized spacial score (nSPS) is 20.1. The Hall–Kier alpha value is -1.54. The van der Waals surface area contributed by atoms with Gasteiger partial charge in [0.1, 0.15) is 0 Å². The second-order valence-electron chi connectivity index (χ2n) is 6.59. The molecule has 1 unspecified atom stereocenters. The Kier molecular flexibility index (Phi) is 3.21. The third-order valence-electron chi connectivity index (χ3n) is 4.15. The Morgan fingerprint density at radius 1 is 1.35 bits per heavy atom. The van der Waals surface area contributed by atoms with E-state index in [1.807, 2.05) is 0 Å². The maximum absolute atomic E-state index is 5.69. The van der Waals surface area contributed by atoms with E-state index in [9.17, 15) is 0 Å². The number of hydrogen-bond donors (Lipinski definition) is 1. The van der Waals surface area contributed by atoms with Gasteiger partial charge in [-0.05, 0) is 51.3 Å². The number of allylic oxidation sites excluding steroid dienone is 2. The number of aromatic amines is 1.